The van der Waals surface area contributed by atoms with Crippen molar-refractivity contribution >= 4 is 5.69 Å². The number of anilines is 1. The molecule has 0 radical (unpaired) electrons. The predicted molar refractivity (Wildman–Crippen MR) is 61.0 cm³/mol. The first-order valence-electron chi connectivity index (χ1n) is 5.47. The molecule has 1 aromatic rings. The van der Waals surface area contributed by atoms with Crippen LogP contribution in [0.15, 0.2) is 30.3 Å². The van der Waals surface area contributed by atoms with Crippen LogP contribution < -0.4 is 5.32 Å². The van der Waals surface area contributed by atoms with Crippen LogP contribution in [0.1, 0.15) is 6.92 Å². The zero-order valence-electron chi connectivity index (χ0n) is 9.12. The molecule has 0 unspecified atom stereocenters. The molecule has 0 aromatic heterocycles. The highest BCUT2D eigenvalue weighted by atomic mass is 16.4. The van der Waals surface area contributed by atoms with Gasteiger partial charge in [0.05, 0.1) is 12.1 Å². The van der Waals surface area contributed by atoms with Gasteiger partial charge >= 0.3 is 0 Å². The first-order valence-corrected chi connectivity index (χ1v) is 5.47. The molecule has 1 fully saturated rings. The van der Waals surface area contributed by atoms with E-state index in [1.165, 1.54) is 0 Å². The maximum Gasteiger partial charge on any atom is 0.108 e. The van der Waals surface area contributed by atoms with Gasteiger partial charge in [-0.3, -0.25) is 0 Å². The minimum atomic E-state index is -1.07. The lowest BCUT2D eigenvalue weighted by Gasteiger charge is -2.22. The lowest BCUT2D eigenvalue weighted by atomic mass is 10.0. The predicted octanol–water partition coefficient (Wildman–Crippen LogP) is 0.199. The lowest BCUT2D eigenvalue weighted by molar-refractivity contribution is -0.0252. The number of aliphatic hydroxyl groups excluding tert-OH is 3. The maximum absolute atomic E-state index is 9.79. The van der Waals surface area contributed by atoms with E-state index in [0.29, 0.717) is 0 Å². The Balaban J connectivity index is 2.11. The molecule has 16 heavy (non-hydrogen) atoms. The fourth-order valence-corrected chi connectivity index (χ4v) is 2.19. The largest absolute Gasteiger partial charge is 0.390 e. The molecular weight excluding hydrogens is 206 g/mol. The molecule has 0 spiro atoms. The van der Waals surface area contributed by atoms with Gasteiger partial charge in [-0.2, -0.15) is 0 Å². The molecule has 0 amide bonds. The molecule has 0 aliphatic heterocycles. The van der Waals surface area contributed by atoms with E-state index in [-0.39, 0.29) is 12.0 Å². The Morgan fingerprint density at radius 2 is 1.56 bits per heavy atom. The molecule has 1 saturated carbocycles. The van der Waals surface area contributed by atoms with Crippen molar-refractivity contribution in [1.29, 1.82) is 0 Å². The van der Waals surface area contributed by atoms with Gasteiger partial charge in [-0.15, -0.1) is 0 Å². The van der Waals surface area contributed by atoms with Gasteiger partial charge in [0.15, 0.2) is 0 Å². The second-order valence-electron chi connectivity index (χ2n) is 4.37. The van der Waals surface area contributed by atoms with Gasteiger partial charge in [0.1, 0.15) is 12.2 Å². The van der Waals surface area contributed by atoms with Crippen LogP contribution in [0.4, 0.5) is 5.69 Å². The van der Waals surface area contributed by atoms with Gasteiger partial charge in [0, 0.05) is 11.6 Å². The van der Waals surface area contributed by atoms with Crippen LogP contribution in [-0.4, -0.2) is 39.7 Å². The Bertz CT molecular complexity index is 329. The average molecular weight is 223 g/mol. The first kappa shape index (κ1) is 11.4. The highest BCUT2D eigenvalue weighted by Gasteiger charge is 2.46. The van der Waals surface area contributed by atoms with Gasteiger partial charge in [-0.1, -0.05) is 25.1 Å². The zero-order valence-corrected chi connectivity index (χ0v) is 9.12. The van der Waals surface area contributed by atoms with Crippen LogP contribution in [0.2, 0.25) is 0 Å². The smallest absolute Gasteiger partial charge is 0.108 e. The van der Waals surface area contributed by atoms with Gasteiger partial charge in [-0.05, 0) is 12.1 Å². The van der Waals surface area contributed by atoms with Crippen LogP contribution in [0.3, 0.4) is 0 Å². The van der Waals surface area contributed by atoms with Gasteiger partial charge < -0.3 is 20.6 Å². The van der Waals surface area contributed by atoms with E-state index in [2.05, 4.69) is 5.32 Å². The van der Waals surface area contributed by atoms with Crippen LogP contribution in [-0.2, 0) is 0 Å². The van der Waals surface area contributed by atoms with Crippen LogP contribution in [0, 0.1) is 5.92 Å². The first-order chi connectivity index (χ1) is 7.61. The minimum absolute atomic E-state index is 0.190. The van der Waals surface area contributed by atoms with Crippen molar-refractivity contribution in [2.24, 2.45) is 5.92 Å². The van der Waals surface area contributed by atoms with E-state index in [1.807, 2.05) is 37.3 Å². The molecule has 4 N–H and O–H groups in total. The highest BCUT2D eigenvalue weighted by Crippen LogP contribution is 2.29. The summed E-state index contributed by atoms with van der Waals surface area (Å²) >= 11 is 0. The minimum Gasteiger partial charge on any atom is -0.390 e. The fraction of sp³-hybridized carbons (Fsp3) is 0.500. The maximum atomic E-state index is 9.79. The van der Waals surface area contributed by atoms with Gasteiger partial charge in [-0.25, -0.2) is 0 Å². The Morgan fingerprint density at radius 3 is 2.06 bits per heavy atom. The van der Waals surface area contributed by atoms with E-state index in [0.717, 1.165) is 5.69 Å². The topological polar surface area (TPSA) is 72.7 Å². The molecule has 2 rings (SSSR count). The molecule has 0 saturated heterocycles. The molecule has 0 bridgehead atoms. The van der Waals surface area contributed by atoms with Crippen LogP contribution >= 0.6 is 0 Å². The monoisotopic (exact) mass is 223 g/mol. The molecule has 4 nitrogen and oxygen atoms in total. The summed E-state index contributed by atoms with van der Waals surface area (Å²) in [6, 6.07) is 9.13. The van der Waals surface area contributed by atoms with E-state index in [9.17, 15) is 15.3 Å². The molecule has 1 aromatic carbocycles. The summed E-state index contributed by atoms with van der Waals surface area (Å²) in [6.45, 7) is 1.81. The lowest BCUT2D eigenvalue weighted by Crippen LogP contribution is -2.36. The highest BCUT2D eigenvalue weighted by molar-refractivity contribution is 5.44. The molecule has 4 heteroatoms. The number of aliphatic hydroxyl groups is 3. The van der Waals surface area contributed by atoms with Crippen molar-refractivity contribution < 1.29 is 15.3 Å². The standard InChI is InChI=1S/C12H17NO3/c1-7-9(11(15)12(16)10(7)14)13-8-5-3-2-4-6-8/h2-7,9-16H,1H3/t7-,9+,10-,11-,12-/m1/s1. The number of para-hydroxylation sites is 1. The van der Waals surface area contributed by atoms with Crippen molar-refractivity contribution in [2.75, 3.05) is 5.32 Å². The Hall–Kier alpha value is -1.10. The Kier molecular flexibility index (Phi) is 3.14. The van der Waals surface area contributed by atoms with Crippen molar-refractivity contribution in [1.82, 2.24) is 0 Å². The van der Waals surface area contributed by atoms with Crippen LogP contribution in [0.5, 0.6) is 0 Å². The summed E-state index contributed by atoms with van der Waals surface area (Å²) in [6.07, 6.45) is -2.89. The fourth-order valence-electron chi connectivity index (χ4n) is 2.19. The molecular formula is C12H17NO3. The summed E-state index contributed by atoms with van der Waals surface area (Å²) in [5, 5.41) is 32.1. The number of hydrogen-bond donors (Lipinski definition) is 4. The number of hydrogen-bond acceptors (Lipinski definition) is 4. The SMILES string of the molecule is C[C@H]1[C@@H](O)[C@@H](O)[C@H](O)[C@H]1Nc1ccccc1. The Labute approximate surface area is 94.5 Å². The summed E-state index contributed by atoms with van der Waals surface area (Å²) in [5.41, 5.74) is 0.875. The van der Waals surface area contributed by atoms with Crippen molar-refractivity contribution in [3.63, 3.8) is 0 Å². The van der Waals surface area contributed by atoms with Crippen molar-refractivity contribution in [2.45, 2.75) is 31.3 Å². The number of nitrogens with one attached hydrogen (secondary N) is 1. The van der Waals surface area contributed by atoms with E-state index in [1.54, 1.807) is 0 Å². The number of rotatable bonds is 2. The van der Waals surface area contributed by atoms with Crippen molar-refractivity contribution in [3.05, 3.63) is 30.3 Å². The summed E-state index contributed by atoms with van der Waals surface area (Å²) in [5.74, 6) is -0.190. The van der Waals surface area contributed by atoms with Crippen molar-refractivity contribution in [3.8, 4) is 0 Å². The quantitative estimate of drug-likeness (QED) is 0.578. The second-order valence-corrected chi connectivity index (χ2v) is 4.37. The Morgan fingerprint density at radius 1 is 0.938 bits per heavy atom. The molecule has 88 valence electrons. The average Bonchev–Trinajstić information content (AvgIpc) is 2.48. The van der Waals surface area contributed by atoms with Gasteiger partial charge in [0.25, 0.3) is 0 Å². The molecule has 1 aliphatic rings. The van der Waals surface area contributed by atoms with E-state index in [4.69, 9.17) is 0 Å². The van der Waals surface area contributed by atoms with E-state index < -0.39 is 18.3 Å². The van der Waals surface area contributed by atoms with Crippen LogP contribution in [0.25, 0.3) is 0 Å². The zero-order chi connectivity index (χ0) is 11.7. The molecule has 5 atom stereocenters. The molecule has 0 heterocycles. The second kappa shape index (κ2) is 4.41. The normalized spacial score (nSPS) is 38.6. The summed E-state index contributed by atoms with van der Waals surface area (Å²) in [4.78, 5) is 0. The third kappa shape index (κ3) is 1.91. The third-order valence-corrected chi connectivity index (χ3v) is 3.28. The third-order valence-electron chi connectivity index (χ3n) is 3.28. The summed E-state index contributed by atoms with van der Waals surface area (Å²) in [7, 11) is 0. The van der Waals surface area contributed by atoms with Gasteiger partial charge in [0.2, 0.25) is 0 Å². The van der Waals surface area contributed by atoms with E-state index >= 15 is 0 Å². The molecule has 1 aliphatic carbocycles. The summed E-state index contributed by atoms with van der Waals surface area (Å²) < 4.78 is 0. The number of benzene rings is 1.